The standard InChI is InChI=1S/C25H25BClN3O4/c1-5-32-24(31)17-11-16(26-33-13-25(3,4)14-34-26)12-21-23(17)29-15(2)30(21)20-9-10-28-19-8-6-7-18(27)22(19)20/h6-12H,5,13-14H2,1-4H3. The van der Waals surface area contributed by atoms with Crippen LogP contribution in [0.15, 0.2) is 42.6 Å². The number of fused-ring (bicyclic) bond motifs is 2. The second kappa shape index (κ2) is 8.69. The molecule has 9 heteroatoms. The van der Waals surface area contributed by atoms with Gasteiger partial charge in [-0.2, -0.15) is 0 Å². The number of hydrogen-bond acceptors (Lipinski definition) is 6. The Kier molecular flexibility index (Phi) is 5.84. The quantitative estimate of drug-likeness (QED) is 0.319. The lowest BCUT2D eigenvalue weighted by Crippen LogP contribution is -2.47. The molecule has 1 aliphatic rings. The average molecular weight is 478 g/mol. The summed E-state index contributed by atoms with van der Waals surface area (Å²) < 4.78 is 19.4. The number of rotatable bonds is 4. The molecule has 2 aromatic carbocycles. The minimum Gasteiger partial charge on any atom is -0.462 e. The van der Waals surface area contributed by atoms with Crippen molar-refractivity contribution in [1.82, 2.24) is 14.5 Å². The first kappa shape index (κ1) is 22.8. The fourth-order valence-electron chi connectivity index (χ4n) is 4.34. The topological polar surface area (TPSA) is 75.5 Å². The zero-order valence-electron chi connectivity index (χ0n) is 19.6. The molecule has 4 aromatic rings. The summed E-state index contributed by atoms with van der Waals surface area (Å²) in [5.74, 6) is 0.268. The molecule has 0 aliphatic carbocycles. The monoisotopic (exact) mass is 477 g/mol. The molecule has 2 aromatic heterocycles. The van der Waals surface area contributed by atoms with Crippen LogP contribution in [-0.2, 0) is 14.0 Å². The minimum absolute atomic E-state index is 0.0738. The van der Waals surface area contributed by atoms with Gasteiger partial charge in [-0.15, -0.1) is 0 Å². The average Bonchev–Trinajstić information content (AvgIpc) is 3.14. The van der Waals surface area contributed by atoms with Gasteiger partial charge in [0.25, 0.3) is 0 Å². The fraction of sp³-hybridized carbons (Fsp3) is 0.320. The first-order valence-corrected chi connectivity index (χ1v) is 11.6. The van der Waals surface area contributed by atoms with Crippen molar-refractivity contribution >= 4 is 52.1 Å². The lowest BCUT2D eigenvalue weighted by atomic mass is 9.75. The number of aryl methyl sites for hydroxylation is 1. The van der Waals surface area contributed by atoms with E-state index in [0.717, 1.165) is 27.6 Å². The summed E-state index contributed by atoms with van der Waals surface area (Å²) in [6, 6.07) is 11.2. The number of benzene rings is 2. The molecule has 0 bridgehead atoms. The molecular formula is C25H25BClN3O4. The van der Waals surface area contributed by atoms with Gasteiger partial charge in [-0.25, -0.2) is 9.78 Å². The van der Waals surface area contributed by atoms with E-state index in [4.69, 9.17) is 30.6 Å². The van der Waals surface area contributed by atoms with Crippen LogP contribution in [0.4, 0.5) is 0 Å². The number of halogens is 1. The van der Waals surface area contributed by atoms with Crippen LogP contribution in [0.25, 0.3) is 27.6 Å². The highest BCUT2D eigenvalue weighted by molar-refractivity contribution is 6.62. The minimum atomic E-state index is -0.591. The van der Waals surface area contributed by atoms with Crippen LogP contribution in [0.5, 0.6) is 0 Å². The Balaban J connectivity index is 1.76. The molecule has 0 amide bonds. The number of hydrogen-bond donors (Lipinski definition) is 0. The van der Waals surface area contributed by atoms with Crippen LogP contribution in [0.2, 0.25) is 5.02 Å². The maximum Gasteiger partial charge on any atom is 0.494 e. The number of carbonyl (C=O) groups excluding carboxylic acids is 1. The summed E-state index contributed by atoms with van der Waals surface area (Å²) in [5, 5.41) is 1.40. The second-order valence-electron chi connectivity index (χ2n) is 9.23. The Morgan fingerprint density at radius 1 is 1.24 bits per heavy atom. The Bertz CT molecular complexity index is 1400. The molecule has 0 spiro atoms. The van der Waals surface area contributed by atoms with Gasteiger partial charge in [0.15, 0.2) is 0 Å². The summed E-state index contributed by atoms with van der Waals surface area (Å²) in [6.07, 6.45) is 1.74. The molecule has 0 radical (unpaired) electrons. The Hall–Kier alpha value is -2.94. The van der Waals surface area contributed by atoms with E-state index in [0.29, 0.717) is 35.1 Å². The number of ether oxygens (including phenoxy) is 1. The molecule has 7 nitrogen and oxygen atoms in total. The third kappa shape index (κ3) is 3.96. The molecule has 3 heterocycles. The van der Waals surface area contributed by atoms with E-state index in [-0.39, 0.29) is 12.0 Å². The van der Waals surface area contributed by atoms with Crippen molar-refractivity contribution in [3.8, 4) is 5.69 Å². The maximum atomic E-state index is 12.9. The highest BCUT2D eigenvalue weighted by atomic mass is 35.5. The highest BCUT2D eigenvalue weighted by Gasteiger charge is 2.35. The van der Waals surface area contributed by atoms with Gasteiger partial charge in [0.2, 0.25) is 0 Å². The third-order valence-corrected chi connectivity index (χ3v) is 6.22. The van der Waals surface area contributed by atoms with Crippen LogP contribution in [0, 0.1) is 12.3 Å². The molecule has 0 N–H and O–H groups in total. The Labute approximate surface area is 203 Å². The summed E-state index contributed by atoms with van der Waals surface area (Å²) in [5.41, 5.74) is 3.92. The van der Waals surface area contributed by atoms with Crippen molar-refractivity contribution in [2.45, 2.75) is 27.7 Å². The van der Waals surface area contributed by atoms with Crippen LogP contribution in [0.3, 0.4) is 0 Å². The summed E-state index contributed by atoms with van der Waals surface area (Å²) >= 11 is 6.60. The smallest absolute Gasteiger partial charge is 0.462 e. The number of esters is 1. The lowest BCUT2D eigenvalue weighted by Gasteiger charge is -2.33. The van der Waals surface area contributed by atoms with E-state index in [1.165, 1.54) is 0 Å². The molecule has 34 heavy (non-hydrogen) atoms. The first-order chi connectivity index (χ1) is 16.3. The van der Waals surface area contributed by atoms with Crippen molar-refractivity contribution in [3.05, 3.63) is 59.0 Å². The Morgan fingerprint density at radius 2 is 2.00 bits per heavy atom. The molecule has 0 atom stereocenters. The predicted molar refractivity (Wildman–Crippen MR) is 133 cm³/mol. The van der Waals surface area contributed by atoms with E-state index in [1.807, 2.05) is 41.8 Å². The number of nitrogens with zero attached hydrogens (tertiary/aromatic N) is 3. The summed E-state index contributed by atoms with van der Waals surface area (Å²) in [4.78, 5) is 22.2. The molecule has 1 fully saturated rings. The number of aromatic nitrogens is 3. The zero-order chi connectivity index (χ0) is 24.0. The molecule has 0 saturated carbocycles. The molecular weight excluding hydrogens is 453 g/mol. The van der Waals surface area contributed by atoms with Crippen LogP contribution < -0.4 is 5.46 Å². The molecule has 5 rings (SSSR count). The molecule has 1 saturated heterocycles. The lowest BCUT2D eigenvalue weighted by molar-refractivity contribution is 0.0343. The number of pyridine rings is 1. The van der Waals surface area contributed by atoms with Gasteiger partial charge in [0.1, 0.15) is 11.3 Å². The number of carbonyl (C=O) groups is 1. The van der Waals surface area contributed by atoms with Crippen molar-refractivity contribution in [3.63, 3.8) is 0 Å². The van der Waals surface area contributed by atoms with Crippen molar-refractivity contribution in [2.75, 3.05) is 19.8 Å². The van der Waals surface area contributed by atoms with Gasteiger partial charge in [-0.3, -0.25) is 9.55 Å². The highest BCUT2D eigenvalue weighted by Crippen LogP contribution is 2.32. The van der Waals surface area contributed by atoms with Crippen LogP contribution in [-0.4, -0.2) is 47.4 Å². The molecule has 0 unspecified atom stereocenters. The van der Waals surface area contributed by atoms with Crippen LogP contribution >= 0.6 is 11.6 Å². The Morgan fingerprint density at radius 3 is 2.74 bits per heavy atom. The van der Waals surface area contributed by atoms with Gasteiger partial charge in [0.05, 0.1) is 33.9 Å². The van der Waals surface area contributed by atoms with Gasteiger partial charge >= 0.3 is 13.1 Å². The largest absolute Gasteiger partial charge is 0.494 e. The van der Waals surface area contributed by atoms with E-state index >= 15 is 0 Å². The normalized spacial score (nSPS) is 15.7. The summed E-state index contributed by atoms with van der Waals surface area (Å²) in [7, 11) is -0.591. The second-order valence-corrected chi connectivity index (χ2v) is 9.64. The van der Waals surface area contributed by atoms with Gasteiger partial charge in [-0.1, -0.05) is 31.5 Å². The first-order valence-electron chi connectivity index (χ1n) is 11.3. The van der Waals surface area contributed by atoms with Crippen LogP contribution in [0.1, 0.15) is 37.0 Å². The molecule has 1 aliphatic heterocycles. The van der Waals surface area contributed by atoms with Crippen molar-refractivity contribution in [2.24, 2.45) is 5.41 Å². The van der Waals surface area contributed by atoms with E-state index < -0.39 is 13.1 Å². The van der Waals surface area contributed by atoms with E-state index in [9.17, 15) is 4.79 Å². The summed E-state index contributed by atoms with van der Waals surface area (Å²) in [6.45, 7) is 9.22. The third-order valence-electron chi connectivity index (χ3n) is 5.90. The SMILES string of the molecule is CCOC(=O)c1cc(B2OCC(C)(C)CO2)cc2c1nc(C)n2-c1ccnc2cccc(Cl)c12. The predicted octanol–water partition coefficient (Wildman–Crippen LogP) is 4.48. The van der Waals surface area contributed by atoms with Gasteiger partial charge < -0.3 is 14.0 Å². The maximum absolute atomic E-state index is 12.9. The van der Waals surface area contributed by atoms with E-state index in [2.05, 4.69) is 18.8 Å². The van der Waals surface area contributed by atoms with Crippen molar-refractivity contribution in [1.29, 1.82) is 0 Å². The number of imidazole rings is 1. The van der Waals surface area contributed by atoms with E-state index in [1.54, 1.807) is 19.2 Å². The van der Waals surface area contributed by atoms with Crippen molar-refractivity contribution < 1.29 is 18.8 Å². The fourth-order valence-corrected chi connectivity index (χ4v) is 4.60. The van der Waals surface area contributed by atoms with Gasteiger partial charge in [-0.05, 0) is 49.6 Å². The van der Waals surface area contributed by atoms with Gasteiger partial charge in [0, 0.05) is 30.2 Å². The molecule has 174 valence electrons. The zero-order valence-corrected chi connectivity index (χ0v) is 20.3.